The summed E-state index contributed by atoms with van der Waals surface area (Å²) in [7, 11) is 0. The highest BCUT2D eigenvalue weighted by molar-refractivity contribution is 5.27. The second-order valence-corrected chi connectivity index (χ2v) is 6.14. The molecule has 3 N–H and O–H groups in total. The number of ether oxygens (including phenoxy) is 1. The smallest absolute Gasteiger partial charge is 0.0909 e. The Morgan fingerprint density at radius 1 is 1.43 bits per heavy atom. The third-order valence-corrected chi connectivity index (χ3v) is 4.26. The fourth-order valence-electron chi connectivity index (χ4n) is 3.02. The molecule has 1 heterocycles. The van der Waals surface area contributed by atoms with Gasteiger partial charge in [0.25, 0.3) is 0 Å². The molecule has 2 atom stereocenters. The topological polar surface area (TPSA) is 50.5 Å². The molecule has 1 fully saturated rings. The van der Waals surface area contributed by atoms with E-state index in [0.717, 1.165) is 32.5 Å². The SMILES string of the molecule is CCCc1cccc(C(NN)C2CN(C(C)C)CCO2)c1. The predicted molar refractivity (Wildman–Crippen MR) is 87.0 cm³/mol. The van der Waals surface area contributed by atoms with Crippen molar-refractivity contribution in [1.29, 1.82) is 0 Å². The number of nitrogens with zero attached hydrogens (tertiary/aromatic N) is 1. The Bertz CT molecular complexity index is 436. The number of benzene rings is 1. The number of aryl methyl sites for hydroxylation is 1. The van der Waals surface area contributed by atoms with Crippen LogP contribution in [0.25, 0.3) is 0 Å². The summed E-state index contributed by atoms with van der Waals surface area (Å²) in [6.07, 6.45) is 2.36. The minimum absolute atomic E-state index is 0.0448. The van der Waals surface area contributed by atoms with Gasteiger partial charge in [-0.05, 0) is 31.4 Å². The van der Waals surface area contributed by atoms with Gasteiger partial charge >= 0.3 is 0 Å². The van der Waals surface area contributed by atoms with Gasteiger partial charge in [-0.15, -0.1) is 0 Å². The van der Waals surface area contributed by atoms with Crippen molar-refractivity contribution in [3.63, 3.8) is 0 Å². The van der Waals surface area contributed by atoms with Crippen LogP contribution in [-0.4, -0.2) is 36.7 Å². The third kappa shape index (κ3) is 4.27. The van der Waals surface area contributed by atoms with Gasteiger partial charge in [-0.1, -0.05) is 37.6 Å². The largest absolute Gasteiger partial charge is 0.374 e. The number of morpholine rings is 1. The molecule has 0 aliphatic carbocycles. The molecule has 1 aliphatic heterocycles. The van der Waals surface area contributed by atoms with Gasteiger partial charge in [0.1, 0.15) is 0 Å². The average molecular weight is 291 g/mol. The van der Waals surface area contributed by atoms with E-state index < -0.39 is 0 Å². The van der Waals surface area contributed by atoms with Crippen LogP contribution in [0.15, 0.2) is 24.3 Å². The molecule has 4 heteroatoms. The first-order chi connectivity index (χ1) is 10.2. The maximum absolute atomic E-state index is 5.98. The Balaban J connectivity index is 2.13. The highest BCUT2D eigenvalue weighted by Gasteiger charge is 2.29. The molecule has 2 rings (SSSR count). The van der Waals surface area contributed by atoms with Crippen LogP contribution in [0.3, 0.4) is 0 Å². The zero-order valence-electron chi connectivity index (χ0n) is 13.5. The van der Waals surface area contributed by atoms with Crippen molar-refractivity contribution >= 4 is 0 Å². The summed E-state index contributed by atoms with van der Waals surface area (Å²) in [5.74, 6) is 5.83. The lowest BCUT2D eigenvalue weighted by Gasteiger charge is -2.39. The van der Waals surface area contributed by atoms with Crippen molar-refractivity contribution in [2.45, 2.75) is 51.8 Å². The van der Waals surface area contributed by atoms with E-state index in [4.69, 9.17) is 10.6 Å². The van der Waals surface area contributed by atoms with Crippen molar-refractivity contribution in [3.8, 4) is 0 Å². The number of nitrogens with two attached hydrogens (primary N) is 1. The van der Waals surface area contributed by atoms with Crippen molar-refractivity contribution in [3.05, 3.63) is 35.4 Å². The number of hydrogen-bond donors (Lipinski definition) is 2. The standard InChI is InChI=1S/C17H29N3O/c1-4-6-14-7-5-8-15(11-14)17(19-18)16-12-20(13(2)3)9-10-21-16/h5,7-8,11,13,16-17,19H,4,6,9-10,12,18H2,1-3H3. The van der Waals surface area contributed by atoms with Crippen LogP contribution in [0.2, 0.25) is 0 Å². The predicted octanol–water partition coefficient (Wildman–Crippen LogP) is 2.25. The van der Waals surface area contributed by atoms with Gasteiger partial charge in [-0.25, -0.2) is 0 Å². The van der Waals surface area contributed by atoms with Crippen molar-refractivity contribution < 1.29 is 4.74 Å². The maximum atomic E-state index is 5.98. The molecule has 0 radical (unpaired) electrons. The van der Waals surface area contributed by atoms with E-state index in [9.17, 15) is 0 Å². The minimum Gasteiger partial charge on any atom is -0.374 e. The third-order valence-electron chi connectivity index (χ3n) is 4.26. The fourth-order valence-corrected chi connectivity index (χ4v) is 3.02. The van der Waals surface area contributed by atoms with E-state index in [1.165, 1.54) is 11.1 Å². The van der Waals surface area contributed by atoms with Crippen molar-refractivity contribution in [2.24, 2.45) is 5.84 Å². The highest BCUT2D eigenvalue weighted by Crippen LogP contribution is 2.24. The first-order valence-corrected chi connectivity index (χ1v) is 8.06. The van der Waals surface area contributed by atoms with Crippen LogP contribution in [0.5, 0.6) is 0 Å². The van der Waals surface area contributed by atoms with E-state index >= 15 is 0 Å². The molecule has 0 bridgehead atoms. The summed E-state index contributed by atoms with van der Waals surface area (Å²) in [4.78, 5) is 2.45. The van der Waals surface area contributed by atoms with Crippen molar-refractivity contribution in [1.82, 2.24) is 10.3 Å². The van der Waals surface area contributed by atoms with E-state index in [1.54, 1.807) is 0 Å². The summed E-state index contributed by atoms with van der Waals surface area (Å²) in [6, 6.07) is 9.29. The Morgan fingerprint density at radius 3 is 2.90 bits per heavy atom. The summed E-state index contributed by atoms with van der Waals surface area (Å²) >= 11 is 0. The number of nitrogens with one attached hydrogen (secondary N) is 1. The van der Waals surface area contributed by atoms with Gasteiger partial charge in [0.05, 0.1) is 18.8 Å². The molecule has 118 valence electrons. The summed E-state index contributed by atoms with van der Waals surface area (Å²) in [6.45, 7) is 9.36. The summed E-state index contributed by atoms with van der Waals surface area (Å²) in [5.41, 5.74) is 5.55. The summed E-state index contributed by atoms with van der Waals surface area (Å²) in [5, 5.41) is 0. The normalized spacial score (nSPS) is 21.7. The van der Waals surface area contributed by atoms with Crippen LogP contribution < -0.4 is 11.3 Å². The summed E-state index contributed by atoms with van der Waals surface area (Å²) < 4.78 is 5.98. The van der Waals surface area contributed by atoms with E-state index in [-0.39, 0.29) is 12.1 Å². The molecule has 1 aliphatic rings. The minimum atomic E-state index is 0.0448. The monoisotopic (exact) mass is 291 g/mol. The molecule has 21 heavy (non-hydrogen) atoms. The molecule has 0 spiro atoms. The quantitative estimate of drug-likeness (QED) is 0.623. The molecule has 2 unspecified atom stereocenters. The molecular formula is C17H29N3O. The van der Waals surface area contributed by atoms with Crippen LogP contribution in [0.1, 0.15) is 44.4 Å². The Labute approximate surface area is 128 Å². The zero-order valence-corrected chi connectivity index (χ0v) is 13.5. The highest BCUT2D eigenvalue weighted by atomic mass is 16.5. The molecule has 0 amide bonds. The van der Waals surface area contributed by atoms with E-state index in [0.29, 0.717) is 6.04 Å². The molecule has 4 nitrogen and oxygen atoms in total. The van der Waals surface area contributed by atoms with Crippen molar-refractivity contribution in [2.75, 3.05) is 19.7 Å². The molecular weight excluding hydrogens is 262 g/mol. The number of hydrogen-bond acceptors (Lipinski definition) is 4. The molecule has 0 saturated carbocycles. The average Bonchev–Trinajstić information content (AvgIpc) is 2.49. The first kappa shape index (κ1) is 16.4. The van der Waals surface area contributed by atoms with Crippen LogP contribution in [0, 0.1) is 0 Å². The van der Waals surface area contributed by atoms with Gasteiger partial charge < -0.3 is 4.74 Å². The van der Waals surface area contributed by atoms with E-state index in [2.05, 4.69) is 55.4 Å². The van der Waals surface area contributed by atoms with Crippen LogP contribution in [0.4, 0.5) is 0 Å². The second-order valence-electron chi connectivity index (χ2n) is 6.14. The maximum Gasteiger partial charge on any atom is 0.0909 e. The lowest BCUT2D eigenvalue weighted by atomic mass is 9.97. The molecule has 1 saturated heterocycles. The molecule has 1 aromatic carbocycles. The van der Waals surface area contributed by atoms with Gasteiger partial charge in [-0.3, -0.25) is 16.2 Å². The number of hydrazine groups is 1. The number of rotatable bonds is 6. The molecule has 1 aromatic rings. The lowest BCUT2D eigenvalue weighted by Crippen LogP contribution is -2.51. The Morgan fingerprint density at radius 2 is 2.24 bits per heavy atom. The Kier molecular flexibility index (Phi) is 6.18. The second kappa shape index (κ2) is 7.90. The van der Waals surface area contributed by atoms with Crippen LogP contribution in [-0.2, 0) is 11.2 Å². The zero-order chi connectivity index (χ0) is 15.2. The van der Waals surface area contributed by atoms with Crippen LogP contribution >= 0.6 is 0 Å². The van der Waals surface area contributed by atoms with E-state index in [1.807, 2.05) is 0 Å². The van der Waals surface area contributed by atoms with Gasteiger partial charge in [0.2, 0.25) is 0 Å². The van der Waals surface area contributed by atoms with Gasteiger partial charge in [0.15, 0.2) is 0 Å². The van der Waals surface area contributed by atoms with Gasteiger partial charge in [0, 0.05) is 19.1 Å². The Hall–Kier alpha value is -0.940. The molecule has 0 aromatic heterocycles. The van der Waals surface area contributed by atoms with Gasteiger partial charge in [-0.2, -0.15) is 0 Å². The lowest BCUT2D eigenvalue weighted by molar-refractivity contribution is -0.0561. The fraction of sp³-hybridized carbons (Fsp3) is 0.647. The first-order valence-electron chi connectivity index (χ1n) is 8.06.